The molecule has 0 saturated carbocycles. The molecule has 3 heteroatoms. The van der Waals surface area contributed by atoms with E-state index in [0.717, 1.165) is 50.1 Å². The Bertz CT molecular complexity index is 311. The maximum absolute atomic E-state index is 5.93. The van der Waals surface area contributed by atoms with Gasteiger partial charge in [0.05, 0.1) is 0 Å². The van der Waals surface area contributed by atoms with E-state index in [-0.39, 0.29) is 21.1 Å². The van der Waals surface area contributed by atoms with Crippen molar-refractivity contribution in [3.8, 4) is 0 Å². The Hall–Kier alpha value is 0.719. The molecule has 0 spiro atoms. The number of ether oxygens (including phenoxy) is 2. The third-order valence-electron chi connectivity index (χ3n) is 7.59. The Kier molecular flexibility index (Phi) is 41.9. The van der Waals surface area contributed by atoms with Gasteiger partial charge in [0.25, 0.3) is 0 Å². The molecule has 0 bridgehead atoms. The van der Waals surface area contributed by atoms with Crippen LogP contribution in [0.2, 0.25) is 9.88 Å². The number of hydrogen-bond acceptors (Lipinski definition) is 2. The molecule has 0 aliphatic rings. The first kappa shape index (κ1) is 42.2. The number of rotatable bonds is 24. The molecule has 226 valence electrons. The average molecular weight is 634 g/mol. The van der Waals surface area contributed by atoms with Crippen LogP contribution in [0.25, 0.3) is 0 Å². The predicted octanol–water partition coefficient (Wildman–Crippen LogP) is 11.7. The Morgan fingerprint density at radius 2 is 0.595 bits per heavy atom. The second-order valence-corrected chi connectivity index (χ2v) is 14.1. The van der Waals surface area contributed by atoms with Gasteiger partial charge in [-0.1, -0.05) is 132 Å². The van der Waals surface area contributed by atoms with Gasteiger partial charge in [-0.3, -0.25) is 0 Å². The summed E-state index contributed by atoms with van der Waals surface area (Å²) >= 11 is 0.230. The third-order valence-corrected chi connectivity index (χ3v) is 7.59. The summed E-state index contributed by atoms with van der Waals surface area (Å²) in [5, 5.41) is 0. The van der Waals surface area contributed by atoms with E-state index < -0.39 is 0 Å². The first-order valence-electron chi connectivity index (χ1n) is 16.7. The van der Waals surface area contributed by atoms with Gasteiger partial charge in [0.15, 0.2) is 0 Å². The van der Waals surface area contributed by atoms with Crippen LogP contribution in [0.15, 0.2) is 0 Å². The standard InChI is InChI=1S/2C16H34O.2CH3.Sn/c2*1-5-9-11-15(7-3)13-17-14-16(8-4)12-10-6-2;;;/h2*15-16H,5-14H2,1-4H3;2*1H3;. The Balaban J connectivity index is -0.000000564. The summed E-state index contributed by atoms with van der Waals surface area (Å²) < 4.78 is 11.9. The average Bonchev–Trinajstić information content (AvgIpc) is 2.92. The first-order chi connectivity index (χ1) is 18.0. The van der Waals surface area contributed by atoms with Crippen LogP contribution < -0.4 is 0 Å². The van der Waals surface area contributed by atoms with Crippen LogP contribution in [-0.2, 0) is 9.47 Å². The van der Waals surface area contributed by atoms with Gasteiger partial charge in [0.1, 0.15) is 0 Å². The van der Waals surface area contributed by atoms with Gasteiger partial charge in [-0.25, -0.2) is 0 Å². The van der Waals surface area contributed by atoms with Crippen molar-refractivity contribution < 1.29 is 9.47 Å². The predicted molar refractivity (Wildman–Crippen MR) is 172 cm³/mol. The number of hydrogen-bond donors (Lipinski definition) is 0. The van der Waals surface area contributed by atoms with Gasteiger partial charge < -0.3 is 9.47 Å². The number of unbranched alkanes of at least 4 members (excludes halogenated alkanes) is 4. The van der Waals surface area contributed by atoms with Crippen LogP contribution in [0.3, 0.4) is 0 Å². The van der Waals surface area contributed by atoms with E-state index >= 15 is 0 Å². The Labute approximate surface area is 247 Å². The zero-order chi connectivity index (χ0) is 28.6. The zero-order valence-corrected chi connectivity index (χ0v) is 30.6. The van der Waals surface area contributed by atoms with Crippen molar-refractivity contribution >= 4 is 21.1 Å². The van der Waals surface area contributed by atoms with Crippen LogP contribution in [0.5, 0.6) is 0 Å². The summed E-state index contributed by atoms with van der Waals surface area (Å²) in [6.07, 6.45) is 21.1. The van der Waals surface area contributed by atoms with Gasteiger partial charge in [-0.15, -0.1) is 0 Å². The van der Waals surface area contributed by atoms with Crippen molar-refractivity contribution in [1.82, 2.24) is 0 Å². The van der Waals surface area contributed by atoms with Gasteiger partial charge in [0.2, 0.25) is 0 Å². The molecule has 0 saturated heterocycles. The van der Waals surface area contributed by atoms with Gasteiger partial charge >= 0.3 is 31.0 Å². The van der Waals surface area contributed by atoms with Crippen LogP contribution in [-0.4, -0.2) is 47.6 Å². The van der Waals surface area contributed by atoms with E-state index in [9.17, 15) is 0 Å². The summed E-state index contributed by atoms with van der Waals surface area (Å²) in [4.78, 5) is 4.59. The zero-order valence-electron chi connectivity index (χ0n) is 27.8. The summed E-state index contributed by atoms with van der Waals surface area (Å²) in [6.45, 7) is 22.2. The molecule has 0 fully saturated rings. The Morgan fingerprint density at radius 3 is 0.730 bits per heavy atom. The molecular weight excluding hydrogens is 559 g/mol. The van der Waals surface area contributed by atoms with Gasteiger partial charge in [0, 0.05) is 26.4 Å². The van der Waals surface area contributed by atoms with Gasteiger partial charge in [-0.2, -0.15) is 0 Å². The molecule has 2 nitrogen and oxygen atoms in total. The maximum atomic E-state index is 5.93. The van der Waals surface area contributed by atoms with Crippen LogP contribution >= 0.6 is 0 Å². The van der Waals surface area contributed by atoms with Crippen molar-refractivity contribution in [2.45, 2.75) is 168 Å². The second kappa shape index (κ2) is 36.7. The molecule has 4 unspecified atom stereocenters. The molecule has 0 aliphatic carbocycles. The summed E-state index contributed by atoms with van der Waals surface area (Å²) in [7, 11) is 0. The topological polar surface area (TPSA) is 18.5 Å². The van der Waals surface area contributed by atoms with E-state index in [4.69, 9.17) is 9.47 Å². The third kappa shape index (κ3) is 32.8. The molecule has 0 aromatic heterocycles. The molecule has 0 N–H and O–H groups in total. The van der Waals surface area contributed by atoms with Crippen molar-refractivity contribution in [1.29, 1.82) is 0 Å². The van der Waals surface area contributed by atoms with Crippen LogP contribution in [0.1, 0.15) is 158 Å². The van der Waals surface area contributed by atoms with Crippen LogP contribution in [0, 0.1) is 23.7 Å². The molecule has 0 aromatic carbocycles. The molecule has 0 aliphatic heterocycles. The minimum absolute atomic E-state index is 0.230. The Morgan fingerprint density at radius 1 is 0.405 bits per heavy atom. The molecule has 0 aromatic rings. The van der Waals surface area contributed by atoms with Crippen molar-refractivity contribution in [2.75, 3.05) is 26.4 Å². The van der Waals surface area contributed by atoms with E-state index in [0.29, 0.717) is 0 Å². The fraction of sp³-hybridized carbons (Fsp3) is 1.00. The molecule has 4 atom stereocenters. The monoisotopic (exact) mass is 634 g/mol. The second-order valence-electron chi connectivity index (χ2n) is 11.2. The fourth-order valence-electron chi connectivity index (χ4n) is 4.40. The molecule has 0 rings (SSSR count). The molecule has 37 heavy (non-hydrogen) atoms. The minimum atomic E-state index is 0.230. The molecule has 0 heterocycles. The van der Waals surface area contributed by atoms with E-state index in [1.54, 1.807) is 0 Å². The first-order valence-corrected chi connectivity index (χ1v) is 22.4. The van der Waals surface area contributed by atoms with Gasteiger partial charge in [-0.05, 0) is 49.4 Å². The fourth-order valence-corrected chi connectivity index (χ4v) is 4.40. The van der Waals surface area contributed by atoms with Crippen LogP contribution in [0.4, 0.5) is 0 Å². The molecular formula is C34H74O2Sn. The van der Waals surface area contributed by atoms with E-state index in [1.807, 2.05) is 0 Å². The SMILES string of the molecule is CCCCC(CC)COCC(CC)CCCC.CCCCC(CC)COCC(CC)CCCC.[CH3][Sn][CH3]. The quantitative estimate of drug-likeness (QED) is 0.0985. The van der Waals surface area contributed by atoms with Crippen molar-refractivity contribution in [2.24, 2.45) is 23.7 Å². The summed E-state index contributed by atoms with van der Waals surface area (Å²) in [5.41, 5.74) is 0. The van der Waals surface area contributed by atoms with Crippen molar-refractivity contribution in [3.63, 3.8) is 0 Å². The summed E-state index contributed by atoms with van der Waals surface area (Å²) in [5.74, 6) is 3.16. The van der Waals surface area contributed by atoms with E-state index in [1.165, 1.54) is 103 Å². The normalized spacial score (nSPS) is 14.1. The molecule has 0 amide bonds. The molecule has 2 radical (unpaired) electrons. The van der Waals surface area contributed by atoms with E-state index in [2.05, 4.69) is 65.3 Å². The summed E-state index contributed by atoms with van der Waals surface area (Å²) in [6, 6.07) is 0. The van der Waals surface area contributed by atoms with Crippen molar-refractivity contribution in [3.05, 3.63) is 0 Å².